The van der Waals surface area contributed by atoms with E-state index in [9.17, 15) is 23.7 Å². The molecule has 2 atom stereocenters. The zero-order valence-corrected chi connectivity index (χ0v) is 38.7. The van der Waals surface area contributed by atoms with E-state index in [1.54, 1.807) is 0 Å². The average Bonchev–Trinajstić information content (AvgIpc) is 3.22. The minimum Gasteiger partial charge on any atom is -0.462 e. The molecule has 0 fully saturated rings. The molecule has 9 nitrogen and oxygen atoms in total. The Bertz CT molecular complexity index is 959. The highest BCUT2D eigenvalue weighted by atomic mass is 31.1. The molecule has 0 aliphatic carbocycles. The first-order valence-electron chi connectivity index (χ1n) is 24.5. The smallest absolute Gasteiger partial charge is 0.462 e. The molecule has 0 N–H and O–H groups in total. The van der Waals surface area contributed by atoms with Crippen molar-refractivity contribution in [2.45, 2.75) is 264 Å². The molecule has 10 heteroatoms. The highest BCUT2D eigenvalue weighted by Crippen LogP contribution is 2.25. The molecule has 0 spiro atoms. The van der Waals surface area contributed by atoms with Gasteiger partial charge in [-0.05, 0) is 19.3 Å². The second-order valence-corrected chi connectivity index (χ2v) is 17.6. The van der Waals surface area contributed by atoms with E-state index in [0.717, 1.165) is 38.5 Å². The third-order valence-corrected chi connectivity index (χ3v) is 11.7. The number of unbranched alkanes of at least 4 members (excludes halogenated alkanes) is 30. The molecule has 0 bridgehead atoms. The van der Waals surface area contributed by atoms with Gasteiger partial charge in [0.2, 0.25) is 0 Å². The van der Waals surface area contributed by atoms with Crippen LogP contribution in [0.1, 0.15) is 258 Å². The molecule has 0 aromatic carbocycles. The van der Waals surface area contributed by atoms with Crippen molar-refractivity contribution in [1.29, 1.82) is 0 Å². The Labute approximate surface area is 357 Å². The molecular formula is C48H90O9P+. The lowest BCUT2D eigenvalue weighted by Crippen LogP contribution is -2.29. The van der Waals surface area contributed by atoms with Crippen LogP contribution in [0, 0.1) is 0 Å². The second-order valence-electron chi connectivity index (χ2n) is 16.6. The molecule has 0 saturated heterocycles. The fraction of sp³-hybridized carbons (Fsp3) is 0.917. The van der Waals surface area contributed by atoms with Gasteiger partial charge in [-0.15, -0.1) is 9.05 Å². The summed E-state index contributed by atoms with van der Waals surface area (Å²) in [6.45, 7) is 4.18. The molecule has 0 aliphatic heterocycles. The number of rotatable bonds is 48. The molecule has 58 heavy (non-hydrogen) atoms. The SMILES string of the molecule is CCCCCCCCCCCCCCCCCCC(=O)OCC(CO[P+](=O)OCCCC(=O)CCC=O)OC(=O)CCCCCCCCCCCCCCCCCC. The topological polar surface area (TPSA) is 122 Å². The number of Topliss-reactive ketones (excluding diaryl/α,β-unsaturated/α-hetero) is 1. The van der Waals surface area contributed by atoms with Crippen LogP contribution in [0.25, 0.3) is 0 Å². The van der Waals surface area contributed by atoms with Crippen LogP contribution >= 0.6 is 8.25 Å². The van der Waals surface area contributed by atoms with E-state index >= 15 is 0 Å². The quantitative estimate of drug-likeness (QED) is 0.0255. The Balaban J connectivity index is 4.26. The van der Waals surface area contributed by atoms with Gasteiger partial charge in [-0.1, -0.05) is 206 Å². The summed E-state index contributed by atoms with van der Waals surface area (Å²) < 4.78 is 33.9. The summed E-state index contributed by atoms with van der Waals surface area (Å²) in [5, 5.41) is 0. The molecule has 0 saturated carbocycles. The molecule has 0 rings (SSSR count). The van der Waals surface area contributed by atoms with Crippen LogP contribution in [0.4, 0.5) is 0 Å². The Morgan fingerprint density at radius 1 is 0.448 bits per heavy atom. The lowest BCUT2D eigenvalue weighted by molar-refractivity contribution is -0.161. The number of ketones is 1. The zero-order chi connectivity index (χ0) is 42.4. The van der Waals surface area contributed by atoms with Gasteiger partial charge >= 0.3 is 20.2 Å². The van der Waals surface area contributed by atoms with Gasteiger partial charge in [0, 0.05) is 36.7 Å². The Morgan fingerprint density at radius 3 is 1.22 bits per heavy atom. The summed E-state index contributed by atoms with van der Waals surface area (Å²) in [5.41, 5.74) is 0. The number of hydrogen-bond donors (Lipinski definition) is 0. The maximum absolute atomic E-state index is 12.7. The number of aldehydes is 1. The first kappa shape index (κ1) is 56.3. The van der Waals surface area contributed by atoms with E-state index < -0.39 is 20.3 Å². The first-order chi connectivity index (χ1) is 28.4. The normalized spacial score (nSPS) is 12.1. The molecule has 0 aromatic heterocycles. The van der Waals surface area contributed by atoms with Crippen molar-refractivity contribution in [3.8, 4) is 0 Å². The molecule has 2 unspecified atom stereocenters. The van der Waals surface area contributed by atoms with Gasteiger partial charge in [0.05, 0.1) is 0 Å². The first-order valence-corrected chi connectivity index (χ1v) is 25.6. The van der Waals surface area contributed by atoms with Gasteiger partial charge in [0.15, 0.2) is 6.10 Å². The molecule has 0 heterocycles. The van der Waals surface area contributed by atoms with Crippen LogP contribution in [0.5, 0.6) is 0 Å². The maximum Gasteiger partial charge on any atom is 0.697 e. The fourth-order valence-electron chi connectivity index (χ4n) is 7.19. The third kappa shape index (κ3) is 43.9. The minimum absolute atomic E-state index is 0.0513. The highest BCUT2D eigenvalue weighted by molar-refractivity contribution is 7.33. The van der Waals surface area contributed by atoms with Crippen LogP contribution < -0.4 is 0 Å². The summed E-state index contributed by atoms with van der Waals surface area (Å²) in [4.78, 5) is 47.4. The van der Waals surface area contributed by atoms with E-state index in [2.05, 4.69) is 13.8 Å². The summed E-state index contributed by atoms with van der Waals surface area (Å²) in [7, 11) is -2.51. The zero-order valence-electron chi connectivity index (χ0n) is 37.8. The van der Waals surface area contributed by atoms with E-state index in [-0.39, 0.29) is 57.3 Å². The van der Waals surface area contributed by atoms with E-state index in [0.29, 0.717) is 19.1 Å². The van der Waals surface area contributed by atoms with E-state index in [1.807, 2.05) is 0 Å². The van der Waals surface area contributed by atoms with Gasteiger partial charge in [-0.2, -0.15) is 0 Å². The monoisotopic (exact) mass is 842 g/mol. The lowest BCUT2D eigenvalue weighted by atomic mass is 10.0. The molecular weight excluding hydrogens is 751 g/mol. The van der Waals surface area contributed by atoms with Gasteiger partial charge in [-0.25, -0.2) is 0 Å². The van der Waals surface area contributed by atoms with Gasteiger partial charge < -0.3 is 14.3 Å². The molecule has 0 amide bonds. The molecule has 0 aliphatic rings. The number of esters is 2. The minimum atomic E-state index is -2.51. The van der Waals surface area contributed by atoms with Crippen molar-refractivity contribution in [1.82, 2.24) is 0 Å². The van der Waals surface area contributed by atoms with E-state index in [4.69, 9.17) is 18.5 Å². The summed E-state index contributed by atoms with van der Waals surface area (Å²) in [5.74, 6) is -0.786. The largest absolute Gasteiger partial charge is 0.697 e. The highest BCUT2D eigenvalue weighted by Gasteiger charge is 2.26. The van der Waals surface area contributed by atoms with Crippen molar-refractivity contribution >= 4 is 32.3 Å². The second kappa shape index (κ2) is 46.4. The van der Waals surface area contributed by atoms with Crippen molar-refractivity contribution in [3.63, 3.8) is 0 Å². The molecule has 0 aromatic rings. The number of carbonyl (C=O) groups is 4. The summed E-state index contributed by atoms with van der Waals surface area (Å²) in [6, 6.07) is 0. The van der Waals surface area contributed by atoms with Crippen molar-refractivity contribution in [2.24, 2.45) is 0 Å². The van der Waals surface area contributed by atoms with Crippen LogP contribution in [-0.4, -0.2) is 49.9 Å². The molecule has 340 valence electrons. The van der Waals surface area contributed by atoms with Crippen LogP contribution in [0.3, 0.4) is 0 Å². The predicted octanol–water partition coefficient (Wildman–Crippen LogP) is 14.8. The van der Waals surface area contributed by atoms with Crippen LogP contribution in [0.15, 0.2) is 0 Å². The van der Waals surface area contributed by atoms with Gasteiger partial charge in [0.25, 0.3) is 0 Å². The van der Waals surface area contributed by atoms with E-state index in [1.165, 1.54) is 167 Å². The maximum atomic E-state index is 12.7. The van der Waals surface area contributed by atoms with Crippen LogP contribution in [-0.2, 0) is 42.3 Å². The van der Waals surface area contributed by atoms with Crippen molar-refractivity contribution < 1.29 is 42.3 Å². The average molecular weight is 842 g/mol. The summed E-state index contributed by atoms with van der Waals surface area (Å²) >= 11 is 0. The number of ether oxygens (including phenoxy) is 2. The third-order valence-electron chi connectivity index (χ3n) is 10.9. The fourth-order valence-corrected chi connectivity index (χ4v) is 7.83. The molecule has 0 radical (unpaired) electrons. The van der Waals surface area contributed by atoms with Crippen molar-refractivity contribution in [2.75, 3.05) is 19.8 Å². The Morgan fingerprint density at radius 2 is 0.828 bits per heavy atom. The van der Waals surface area contributed by atoms with Crippen LogP contribution in [0.2, 0.25) is 0 Å². The van der Waals surface area contributed by atoms with Gasteiger partial charge in [-0.3, -0.25) is 14.4 Å². The lowest BCUT2D eigenvalue weighted by Gasteiger charge is -2.16. The van der Waals surface area contributed by atoms with Gasteiger partial charge in [0.1, 0.15) is 31.9 Å². The standard InChI is InChI=1S/C48H90O9P/c1-3-5-7-9-11-13-15-17-19-21-23-25-27-29-31-33-39-47(51)54-43-46(44-56-58(53)55-42-36-38-45(50)37-35-41-49)57-48(52)40-34-32-30-28-26-24-22-20-18-16-14-12-10-8-6-4-2/h41,46H,3-40,42-44H2,1-2H3/q+1. The number of carbonyl (C=O) groups excluding carboxylic acids is 4. The Hall–Kier alpha value is -1.70. The predicted molar refractivity (Wildman–Crippen MR) is 238 cm³/mol. The van der Waals surface area contributed by atoms with Crippen molar-refractivity contribution in [3.05, 3.63) is 0 Å². The Kier molecular flexibility index (Phi) is 45.0. The summed E-state index contributed by atoms with van der Waals surface area (Å²) in [6.07, 6.45) is 41.7. The number of hydrogen-bond acceptors (Lipinski definition) is 9.